The first-order valence-corrected chi connectivity index (χ1v) is 5.60. The molecular weight excluding hydrogens is 268 g/mol. The van der Waals surface area contributed by atoms with Crippen molar-refractivity contribution in [1.29, 1.82) is 0 Å². The van der Waals surface area contributed by atoms with Gasteiger partial charge in [-0.1, -0.05) is 29.5 Å². The maximum atomic E-state index is 11.0. The number of esters is 1. The molecule has 0 radical (unpaired) electrons. The number of rotatable bonds is 0. The van der Waals surface area contributed by atoms with Crippen LogP contribution in [-0.2, 0) is 9.53 Å². The average molecular weight is 277 g/mol. The van der Waals surface area contributed by atoms with Crippen LogP contribution in [0.2, 0.25) is 0 Å². The Hall–Kier alpha value is -1.53. The number of carbonyl (C=O) groups is 1. The molecule has 2 rings (SSSR count). The molecule has 1 heterocycles. The van der Waals surface area contributed by atoms with Crippen molar-refractivity contribution in [1.82, 2.24) is 0 Å². The molecule has 0 amide bonds. The number of benzene rings is 1. The second-order valence-electron chi connectivity index (χ2n) is 3.48. The van der Waals surface area contributed by atoms with Gasteiger partial charge in [-0.2, -0.15) is 0 Å². The van der Waals surface area contributed by atoms with Gasteiger partial charge in [0.2, 0.25) is 0 Å². The van der Waals surface area contributed by atoms with E-state index in [4.69, 9.17) is 4.74 Å². The summed E-state index contributed by atoms with van der Waals surface area (Å²) in [6, 6.07) is 7.91. The van der Waals surface area contributed by atoms with E-state index < -0.39 is 0 Å². The molecule has 0 N–H and O–H groups in total. The highest BCUT2D eigenvalue weighted by Gasteiger charge is 2.20. The molecule has 1 aliphatic rings. The van der Waals surface area contributed by atoms with E-state index in [2.05, 4.69) is 27.8 Å². The molecule has 0 atom stereocenters. The monoisotopic (exact) mass is 276 g/mol. The summed E-state index contributed by atoms with van der Waals surface area (Å²) in [5.74, 6) is 5.59. The summed E-state index contributed by atoms with van der Waals surface area (Å²) >= 11 is 3.16. The fraction of sp³-hybridized carbons (Fsp3) is 0.154. The van der Waals surface area contributed by atoms with Gasteiger partial charge in [0.05, 0.1) is 5.57 Å². The minimum atomic E-state index is -0.340. The first-order chi connectivity index (χ1) is 7.66. The van der Waals surface area contributed by atoms with Crippen LogP contribution in [0, 0.1) is 18.8 Å². The van der Waals surface area contributed by atoms with Gasteiger partial charge < -0.3 is 4.74 Å². The molecule has 1 aromatic rings. The summed E-state index contributed by atoms with van der Waals surface area (Å²) in [7, 11) is 0. The summed E-state index contributed by atoms with van der Waals surface area (Å²) in [4.78, 5) is 11.0. The smallest absolute Gasteiger partial charge is 0.346 e. The van der Waals surface area contributed by atoms with Gasteiger partial charge in [0.15, 0.2) is 0 Å². The number of hydrogen-bond donors (Lipinski definition) is 0. The molecule has 3 heteroatoms. The molecule has 0 fully saturated rings. The number of halogens is 1. The van der Waals surface area contributed by atoms with Gasteiger partial charge >= 0.3 is 5.97 Å². The van der Waals surface area contributed by atoms with Crippen LogP contribution in [0.5, 0.6) is 0 Å². The van der Waals surface area contributed by atoms with Gasteiger partial charge in [-0.25, -0.2) is 4.79 Å². The Labute approximate surface area is 102 Å². The van der Waals surface area contributed by atoms with Gasteiger partial charge in [0.1, 0.15) is 11.1 Å². The van der Waals surface area contributed by atoms with Crippen molar-refractivity contribution in [3.8, 4) is 11.8 Å². The Bertz CT molecular complexity index is 515. The third-order valence-corrected chi connectivity index (χ3v) is 3.00. The molecule has 0 saturated carbocycles. The van der Waals surface area contributed by atoms with Crippen molar-refractivity contribution < 1.29 is 9.53 Å². The Kier molecular flexibility index (Phi) is 3.12. The maximum Gasteiger partial charge on any atom is 0.346 e. The zero-order valence-corrected chi connectivity index (χ0v) is 10.3. The van der Waals surface area contributed by atoms with Crippen molar-refractivity contribution in [3.05, 3.63) is 45.4 Å². The van der Waals surface area contributed by atoms with Gasteiger partial charge in [-0.15, -0.1) is 0 Å². The Morgan fingerprint density at radius 1 is 1.25 bits per heavy atom. The standard InChI is InChI=1S/C13H9BrO2/c1-9-2-4-10(5-3-9)6-7-11-8-16-13(15)12(11)14/h2-5H,8H2,1H3. The van der Waals surface area contributed by atoms with Crippen LogP contribution in [-0.4, -0.2) is 12.6 Å². The SMILES string of the molecule is Cc1ccc(C#CC2=C(Br)C(=O)OC2)cc1. The van der Waals surface area contributed by atoms with Crippen LogP contribution in [0.3, 0.4) is 0 Å². The van der Waals surface area contributed by atoms with Gasteiger partial charge in [0, 0.05) is 5.56 Å². The van der Waals surface area contributed by atoms with Crippen molar-refractivity contribution in [2.24, 2.45) is 0 Å². The van der Waals surface area contributed by atoms with Crippen LogP contribution in [0.1, 0.15) is 11.1 Å². The van der Waals surface area contributed by atoms with E-state index >= 15 is 0 Å². The summed E-state index contributed by atoms with van der Waals surface area (Å²) < 4.78 is 5.26. The third-order valence-electron chi connectivity index (χ3n) is 2.20. The molecule has 0 spiro atoms. The second kappa shape index (κ2) is 4.54. The number of hydrogen-bond acceptors (Lipinski definition) is 2. The Morgan fingerprint density at radius 3 is 2.50 bits per heavy atom. The highest BCUT2D eigenvalue weighted by atomic mass is 79.9. The Balaban J connectivity index is 2.23. The van der Waals surface area contributed by atoms with E-state index in [0.29, 0.717) is 10.1 Å². The average Bonchev–Trinajstić information content (AvgIpc) is 2.60. The third kappa shape index (κ3) is 2.34. The topological polar surface area (TPSA) is 26.3 Å². The first-order valence-electron chi connectivity index (χ1n) is 4.81. The van der Waals surface area contributed by atoms with E-state index in [1.54, 1.807) is 0 Å². The van der Waals surface area contributed by atoms with Crippen molar-refractivity contribution in [2.45, 2.75) is 6.92 Å². The lowest BCUT2D eigenvalue weighted by atomic mass is 10.1. The molecule has 0 unspecified atom stereocenters. The van der Waals surface area contributed by atoms with Crippen LogP contribution in [0.25, 0.3) is 0 Å². The van der Waals surface area contributed by atoms with Crippen LogP contribution in [0.15, 0.2) is 34.3 Å². The molecule has 80 valence electrons. The molecule has 1 aliphatic heterocycles. The predicted octanol–water partition coefficient (Wildman–Crippen LogP) is 2.55. The molecular formula is C13H9BrO2. The zero-order chi connectivity index (χ0) is 11.5. The van der Waals surface area contributed by atoms with Gasteiger partial charge in [-0.05, 0) is 35.0 Å². The second-order valence-corrected chi connectivity index (χ2v) is 4.28. The van der Waals surface area contributed by atoms with Crippen LogP contribution < -0.4 is 0 Å². The van der Waals surface area contributed by atoms with E-state index in [1.807, 2.05) is 31.2 Å². The molecule has 0 aromatic heterocycles. The number of ether oxygens (including phenoxy) is 1. The molecule has 2 nitrogen and oxygen atoms in total. The summed E-state index contributed by atoms with van der Waals surface area (Å²) in [5.41, 5.74) is 2.83. The predicted molar refractivity (Wildman–Crippen MR) is 65.0 cm³/mol. The zero-order valence-electron chi connectivity index (χ0n) is 8.71. The number of carbonyl (C=O) groups excluding carboxylic acids is 1. The van der Waals surface area contributed by atoms with E-state index in [1.165, 1.54) is 5.56 Å². The van der Waals surface area contributed by atoms with Crippen molar-refractivity contribution >= 4 is 21.9 Å². The number of cyclic esters (lactones) is 1. The lowest BCUT2D eigenvalue weighted by molar-refractivity contribution is -0.135. The molecule has 0 bridgehead atoms. The fourth-order valence-corrected chi connectivity index (χ4v) is 1.59. The summed E-state index contributed by atoms with van der Waals surface area (Å²) in [6.45, 7) is 2.29. The molecule has 1 aromatic carbocycles. The molecule has 16 heavy (non-hydrogen) atoms. The van der Waals surface area contributed by atoms with Crippen LogP contribution >= 0.6 is 15.9 Å². The van der Waals surface area contributed by atoms with E-state index in [9.17, 15) is 4.79 Å². The minimum Gasteiger partial charge on any atom is -0.456 e. The quantitative estimate of drug-likeness (QED) is 0.538. The summed E-state index contributed by atoms with van der Waals surface area (Å²) in [5, 5.41) is 0. The normalized spacial score (nSPS) is 14.5. The van der Waals surface area contributed by atoms with Gasteiger partial charge in [0.25, 0.3) is 0 Å². The highest BCUT2D eigenvalue weighted by molar-refractivity contribution is 9.12. The molecule has 0 aliphatic carbocycles. The lowest BCUT2D eigenvalue weighted by Crippen LogP contribution is -1.93. The van der Waals surface area contributed by atoms with Crippen molar-refractivity contribution in [2.75, 3.05) is 6.61 Å². The largest absolute Gasteiger partial charge is 0.456 e. The minimum absolute atomic E-state index is 0.262. The van der Waals surface area contributed by atoms with Crippen molar-refractivity contribution in [3.63, 3.8) is 0 Å². The first kappa shape index (κ1) is 11.0. The highest BCUT2D eigenvalue weighted by Crippen LogP contribution is 2.20. The van der Waals surface area contributed by atoms with Gasteiger partial charge in [-0.3, -0.25) is 0 Å². The number of aryl methyl sites for hydroxylation is 1. The molecule has 0 saturated heterocycles. The summed E-state index contributed by atoms with van der Waals surface area (Å²) in [6.07, 6.45) is 0. The van der Waals surface area contributed by atoms with Crippen LogP contribution in [0.4, 0.5) is 0 Å². The lowest BCUT2D eigenvalue weighted by Gasteiger charge is -1.91. The Morgan fingerprint density at radius 2 is 1.94 bits per heavy atom. The maximum absolute atomic E-state index is 11.0. The van der Waals surface area contributed by atoms with E-state index in [0.717, 1.165) is 5.56 Å². The fourth-order valence-electron chi connectivity index (χ4n) is 1.26. The van der Waals surface area contributed by atoms with E-state index in [-0.39, 0.29) is 12.6 Å².